The van der Waals surface area contributed by atoms with Crippen molar-refractivity contribution in [2.24, 2.45) is 0 Å². The number of fused-ring (bicyclic) bond motifs is 3. The summed E-state index contributed by atoms with van der Waals surface area (Å²) in [5.74, 6) is -0.883. The van der Waals surface area contributed by atoms with Gasteiger partial charge in [0.25, 0.3) is 5.91 Å². The molecule has 0 saturated carbocycles. The number of benzene rings is 2. The molecule has 9 nitrogen and oxygen atoms in total. The zero-order valence-electron chi connectivity index (χ0n) is 18.0. The van der Waals surface area contributed by atoms with Gasteiger partial charge in [-0.1, -0.05) is 65.9 Å². The lowest BCUT2D eigenvalue weighted by molar-refractivity contribution is -0.134. The summed E-state index contributed by atoms with van der Waals surface area (Å²) in [6, 6.07) is 16.8. The summed E-state index contributed by atoms with van der Waals surface area (Å²) in [5, 5.41) is 10.3. The van der Waals surface area contributed by atoms with E-state index >= 15 is 0 Å². The van der Waals surface area contributed by atoms with Gasteiger partial charge < -0.3 is 5.32 Å². The molecule has 1 spiro atoms. The van der Waals surface area contributed by atoms with Gasteiger partial charge in [0, 0.05) is 5.56 Å². The van der Waals surface area contributed by atoms with E-state index < -0.39 is 17.5 Å². The lowest BCUT2D eigenvalue weighted by Gasteiger charge is -2.33. The highest BCUT2D eigenvalue weighted by Gasteiger charge is 2.54. The highest BCUT2D eigenvalue weighted by Crippen LogP contribution is 2.39. The number of nitrogens with zero attached hydrogens (tertiary/aromatic N) is 4. The van der Waals surface area contributed by atoms with Crippen molar-refractivity contribution < 1.29 is 14.4 Å². The summed E-state index contributed by atoms with van der Waals surface area (Å²) in [6.07, 6.45) is 3.95. The predicted molar refractivity (Wildman–Crippen MR) is 126 cm³/mol. The Labute approximate surface area is 198 Å². The predicted octanol–water partition coefficient (Wildman–Crippen LogP) is 3.18. The first-order valence-electron chi connectivity index (χ1n) is 11.0. The molecule has 3 heterocycles. The molecule has 2 aliphatic rings. The van der Waals surface area contributed by atoms with Crippen molar-refractivity contribution in [2.45, 2.75) is 24.8 Å². The van der Waals surface area contributed by atoms with Crippen LogP contribution in [0.5, 0.6) is 0 Å². The highest BCUT2D eigenvalue weighted by molar-refractivity contribution is 7.20. The van der Waals surface area contributed by atoms with Crippen LogP contribution in [0, 0.1) is 0 Å². The van der Waals surface area contributed by atoms with Crippen molar-refractivity contribution in [1.29, 1.82) is 0 Å². The van der Waals surface area contributed by atoms with E-state index in [1.807, 2.05) is 54.6 Å². The first-order valence-corrected chi connectivity index (χ1v) is 11.8. The Morgan fingerprint density at radius 1 is 1.12 bits per heavy atom. The van der Waals surface area contributed by atoms with Crippen molar-refractivity contribution in [3.63, 3.8) is 0 Å². The van der Waals surface area contributed by atoms with Crippen LogP contribution < -0.4 is 10.6 Å². The second-order valence-corrected chi connectivity index (χ2v) is 9.37. The molecule has 0 bridgehead atoms. The molecule has 1 fully saturated rings. The van der Waals surface area contributed by atoms with E-state index in [4.69, 9.17) is 0 Å². The summed E-state index contributed by atoms with van der Waals surface area (Å²) in [5.41, 5.74) is 2.53. The molecule has 1 atom stereocenters. The average Bonchev–Trinajstić information content (AvgIpc) is 3.47. The van der Waals surface area contributed by atoms with E-state index in [0.29, 0.717) is 16.5 Å². The fourth-order valence-corrected chi connectivity index (χ4v) is 5.55. The average molecular weight is 473 g/mol. The first-order chi connectivity index (χ1) is 16.5. The zero-order valence-corrected chi connectivity index (χ0v) is 18.8. The van der Waals surface area contributed by atoms with Crippen LogP contribution in [0.15, 0.2) is 60.8 Å². The molecule has 1 saturated heterocycles. The molecular formula is C24H20N6O3S. The third-order valence-electron chi connectivity index (χ3n) is 6.31. The van der Waals surface area contributed by atoms with E-state index in [1.165, 1.54) is 11.3 Å². The number of anilines is 1. The van der Waals surface area contributed by atoms with Gasteiger partial charge in [-0.05, 0) is 30.4 Å². The Balaban J connectivity index is 1.18. The number of carbonyl (C=O) groups excluding carboxylic acids is 3. The van der Waals surface area contributed by atoms with Crippen molar-refractivity contribution in [2.75, 3.05) is 11.9 Å². The number of amides is 4. The maximum Gasteiger partial charge on any atom is 0.325 e. The van der Waals surface area contributed by atoms with Crippen LogP contribution in [0.4, 0.5) is 9.93 Å². The molecule has 0 radical (unpaired) electrons. The molecule has 1 unspecified atom stereocenters. The molecule has 4 aromatic rings. The monoisotopic (exact) mass is 472 g/mol. The summed E-state index contributed by atoms with van der Waals surface area (Å²) < 4.78 is 1.60. The number of rotatable bonds is 4. The number of aryl methyl sites for hydroxylation is 1. The van der Waals surface area contributed by atoms with Gasteiger partial charge in [-0.15, -0.1) is 5.10 Å². The standard InChI is InChI=1S/C24H20N6O3S/c31-19(26-21-28-30-13-18(25-23(30)34-21)16-8-2-1-3-9-16)14-29-20(32)24(27-22(29)33)12-6-10-15-7-4-5-11-17(15)24/h1-5,7-9,11,13H,6,10,12,14H2,(H,27,33)(H,26,28,31). The van der Waals surface area contributed by atoms with E-state index in [0.717, 1.165) is 40.1 Å². The second kappa shape index (κ2) is 7.77. The highest BCUT2D eigenvalue weighted by atomic mass is 32.1. The van der Waals surface area contributed by atoms with Crippen LogP contribution in [-0.2, 0) is 21.5 Å². The Morgan fingerprint density at radius 2 is 1.91 bits per heavy atom. The van der Waals surface area contributed by atoms with Gasteiger partial charge in [0.1, 0.15) is 12.1 Å². The number of hydrogen-bond donors (Lipinski definition) is 2. The third-order valence-corrected chi connectivity index (χ3v) is 7.15. The van der Waals surface area contributed by atoms with Gasteiger partial charge in [0.15, 0.2) is 0 Å². The number of nitrogens with one attached hydrogen (secondary N) is 2. The minimum Gasteiger partial charge on any atom is -0.319 e. The molecule has 170 valence electrons. The molecule has 2 aromatic carbocycles. The Kier molecular flexibility index (Phi) is 4.70. The normalized spacial score (nSPS) is 19.5. The van der Waals surface area contributed by atoms with Gasteiger partial charge >= 0.3 is 6.03 Å². The molecule has 4 amide bonds. The molecule has 34 heavy (non-hydrogen) atoms. The lowest BCUT2D eigenvalue weighted by Crippen LogP contribution is -2.47. The minimum atomic E-state index is -1.10. The summed E-state index contributed by atoms with van der Waals surface area (Å²) in [4.78, 5) is 45.0. The Morgan fingerprint density at radius 3 is 2.74 bits per heavy atom. The molecule has 1 aliphatic carbocycles. The van der Waals surface area contributed by atoms with Crippen LogP contribution in [0.3, 0.4) is 0 Å². The van der Waals surface area contributed by atoms with Crippen molar-refractivity contribution in [3.8, 4) is 11.3 Å². The van der Waals surface area contributed by atoms with Gasteiger partial charge in [0.2, 0.25) is 16.0 Å². The zero-order chi connectivity index (χ0) is 23.3. The molecule has 2 aromatic heterocycles. The molecule has 10 heteroatoms. The Hall–Kier alpha value is -4.05. The van der Waals surface area contributed by atoms with Crippen LogP contribution in [0.25, 0.3) is 16.2 Å². The molecule has 1 aliphatic heterocycles. The topological polar surface area (TPSA) is 109 Å². The number of imidazole rings is 1. The summed E-state index contributed by atoms with van der Waals surface area (Å²) in [6.45, 7) is -0.383. The lowest BCUT2D eigenvalue weighted by atomic mass is 9.76. The van der Waals surface area contributed by atoms with Gasteiger partial charge in [-0.3, -0.25) is 19.8 Å². The molecule has 6 rings (SSSR count). The largest absolute Gasteiger partial charge is 0.325 e. The minimum absolute atomic E-state index is 0.344. The molecular weight excluding hydrogens is 452 g/mol. The van der Waals surface area contributed by atoms with Crippen molar-refractivity contribution in [3.05, 3.63) is 71.9 Å². The van der Waals surface area contributed by atoms with Crippen LogP contribution in [0.1, 0.15) is 24.0 Å². The van der Waals surface area contributed by atoms with Crippen molar-refractivity contribution in [1.82, 2.24) is 24.8 Å². The van der Waals surface area contributed by atoms with Crippen molar-refractivity contribution >= 4 is 39.3 Å². The van der Waals surface area contributed by atoms with Crippen LogP contribution >= 0.6 is 11.3 Å². The van der Waals surface area contributed by atoms with Crippen LogP contribution in [0.2, 0.25) is 0 Å². The smallest absolute Gasteiger partial charge is 0.319 e. The SMILES string of the molecule is O=C(CN1C(=O)NC2(CCCc3ccccc32)C1=O)Nc1nn2cc(-c3ccccc3)nc2s1. The van der Waals surface area contributed by atoms with E-state index in [2.05, 4.69) is 20.7 Å². The first kappa shape index (κ1) is 20.5. The summed E-state index contributed by atoms with van der Waals surface area (Å²) in [7, 11) is 0. The quantitative estimate of drug-likeness (QED) is 0.444. The van der Waals surface area contributed by atoms with Crippen LogP contribution in [-0.4, -0.2) is 43.9 Å². The number of urea groups is 1. The molecule has 2 N–H and O–H groups in total. The fraction of sp³-hybridized carbons (Fsp3) is 0.208. The fourth-order valence-electron chi connectivity index (χ4n) is 4.76. The third kappa shape index (κ3) is 3.26. The summed E-state index contributed by atoms with van der Waals surface area (Å²) >= 11 is 1.22. The van der Waals surface area contributed by atoms with Gasteiger partial charge in [-0.25, -0.2) is 14.3 Å². The number of hydrogen-bond acceptors (Lipinski definition) is 6. The van der Waals surface area contributed by atoms with Gasteiger partial charge in [-0.2, -0.15) is 0 Å². The number of imide groups is 1. The van der Waals surface area contributed by atoms with Gasteiger partial charge in [0.05, 0.1) is 11.9 Å². The second-order valence-electron chi connectivity index (χ2n) is 8.41. The van der Waals surface area contributed by atoms with E-state index in [9.17, 15) is 14.4 Å². The number of aromatic nitrogens is 3. The van der Waals surface area contributed by atoms with E-state index in [-0.39, 0.29) is 12.5 Å². The maximum atomic E-state index is 13.4. The van der Waals surface area contributed by atoms with E-state index in [1.54, 1.807) is 10.7 Å². The maximum absolute atomic E-state index is 13.4. The number of carbonyl (C=O) groups is 3. The Bertz CT molecular complexity index is 1410.